The van der Waals surface area contributed by atoms with Gasteiger partial charge in [0.25, 0.3) is 0 Å². The molecule has 114 valence electrons. The number of ether oxygens (including phenoxy) is 2. The van der Waals surface area contributed by atoms with Crippen molar-refractivity contribution in [3.8, 4) is 5.75 Å². The molecule has 1 atom stereocenters. The minimum atomic E-state index is -0.204. The summed E-state index contributed by atoms with van der Waals surface area (Å²) in [5.74, 6) is 0.947. The van der Waals surface area contributed by atoms with Gasteiger partial charge < -0.3 is 14.8 Å². The van der Waals surface area contributed by atoms with Gasteiger partial charge in [-0.2, -0.15) is 0 Å². The van der Waals surface area contributed by atoms with Crippen molar-refractivity contribution in [1.82, 2.24) is 5.32 Å². The monoisotopic (exact) mass is 279 g/mol. The van der Waals surface area contributed by atoms with Gasteiger partial charge in [-0.05, 0) is 51.8 Å². The Kier molecular flexibility index (Phi) is 7.03. The Morgan fingerprint density at radius 3 is 2.50 bits per heavy atom. The van der Waals surface area contributed by atoms with E-state index < -0.39 is 0 Å². The average molecular weight is 279 g/mol. The van der Waals surface area contributed by atoms with Gasteiger partial charge >= 0.3 is 0 Å². The molecule has 0 aliphatic carbocycles. The lowest BCUT2D eigenvalue weighted by Gasteiger charge is -2.35. The predicted molar refractivity (Wildman–Crippen MR) is 84.5 cm³/mol. The van der Waals surface area contributed by atoms with Gasteiger partial charge in [-0.3, -0.25) is 0 Å². The Hall–Kier alpha value is -1.06. The lowest BCUT2D eigenvalue weighted by molar-refractivity contribution is -0.0380. The molecule has 1 aromatic carbocycles. The molecule has 1 aromatic rings. The number of rotatable bonds is 9. The molecule has 0 heterocycles. The maximum absolute atomic E-state index is 5.93. The zero-order valence-corrected chi connectivity index (χ0v) is 13.5. The lowest BCUT2D eigenvalue weighted by Crippen LogP contribution is -2.50. The summed E-state index contributed by atoms with van der Waals surface area (Å²) in [5.41, 5.74) is 1.02. The number of nitrogens with one attached hydrogen (secondary N) is 1. The first kappa shape index (κ1) is 17.0. The number of methoxy groups -OCH3 is 1. The molecule has 3 nitrogen and oxygen atoms in total. The van der Waals surface area contributed by atoms with Crippen molar-refractivity contribution in [3.05, 3.63) is 29.8 Å². The van der Waals surface area contributed by atoms with Crippen LogP contribution in [-0.2, 0) is 11.2 Å². The maximum Gasteiger partial charge on any atom is 0.122 e. The van der Waals surface area contributed by atoms with Gasteiger partial charge in [-0.15, -0.1) is 0 Å². The molecule has 0 saturated carbocycles. The molecule has 0 saturated heterocycles. The Labute approximate surface area is 123 Å². The molecule has 0 fully saturated rings. The summed E-state index contributed by atoms with van der Waals surface area (Å²) < 4.78 is 11.4. The minimum absolute atomic E-state index is 0.204. The largest absolute Gasteiger partial charge is 0.496 e. The van der Waals surface area contributed by atoms with E-state index in [2.05, 4.69) is 38.2 Å². The third-order valence-corrected chi connectivity index (χ3v) is 3.61. The van der Waals surface area contributed by atoms with E-state index in [1.807, 2.05) is 19.1 Å². The average Bonchev–Trinajstić information content (AvgIpc) is 2.43. The molecule has 1 rings (SSSR count). The van der Waals surface area contributed by atoms with Gasteiger partial charge in [-0.25, -0.2) is 0 Å². The second kappa shape index (κ2) is 8.28. The Bertz CT molecular complexity index is 390. The normalized spacial score (nSPS) is 13.2. The number of hydrogen-bond donors (Lipinski definition) is 1. The van der Waals surface area contributed by atoms with Crippen LogP contribution in [0.1, 0.15) is 39.7 Å². The number of para-hydroxylation sites is 1. The topological polar surface area (TPSA) is 30.5 Å². The van der Waals surface area contributed by atoms with Crippen LogP contribution in [0.4, 0.5) is 0 Å². The van der Waals surface area contributed by atoms with Crippen molar-refractivity contribution in [2.45, 2.75) is 52.2 Å². The van der Waals surface area contributed by atoms with Gasteiger partial charge in [0.2, 0.25) is 0 Å². The van der Waals surface area contributed by atoms with E-state index >= 15 is 0 Å². The fourth-order valence-corrected chi connectivity index (χ4v) is 2.45. The molecule has 0 bridgehead atoms. The number of benzene rings is 1. The second-order valence-electron chi connectivity index (χ2n) is 5.56. The first-order chi connectivity index (χ1) is 9.55. The first-order valence-corrected chi connectivity index (χ1v) is 7.54. The van der Waals surface area contributed by atoms with Crippen LogP contribution in [0.5, 0.6) is 5.75 Å². The van der Waals surface area contributed by atoms with E-state index in [1.54, 1.807) is 7.11 Å². The van der Waals surface area contributed by atoms with Gasteiger partial charge in [0.1, 0.15) is 5.75 Å². The Morgan fingerprint density at radius 1 is 1.20 bits per heavy atom. The van der Waals surface area contributed by atoms with Crippen molar-refractivity contribution in [2.24, 2.45) is 0 Å². The highest BCUT2D eigenvalue weighted by Crippen LogP contribution is 2.24. The Morgan fingerprint density at radius 2 is 1.90 bits per heavy atom. The van der Waals surface area contributed by atoms with E-state index in [0.29, 0.717) is 0 Å². The number of hydrogen-bond acceptors (Lipinski definition) is 3. The second-order valence-corrected chi connectivity index (χ2v) is 5.56. The van der Waals surface area contributed by atoms with Crippen LogP contribution >= 0.6 is 0 Å². The minimum Gasteiger partial charge on any atom is -0.496 e. The summed E-state index contributed by atoms with van der Waals surface area (Å²) >= 11 is 0. The molecule has 0 aliphatic heterocycles. The predicted octanol–water partition coefficient (Wildman–Crippen LogP) is 3.42. The van der Waals surface area contributed by atoms with Crippen LogP contribution in [0.25, 0.3) is 0 Å². The molecule has 0 spiro atoms. The van der Waals surface area contributed by atoms with Crippen LogP contribution in [0.15, 0.2) is 24.3 Å². The van der Waals surface area contributed by atoms with Crippen LogP contribution in [0, 0.1) is 0 Å². The maximum atomic E-state index is 5.93. The standard InChI is InChI=1S/C17H29NO2/c1-6-12-18-16(17(3,4)20-7-2)13-14-10-8-9-11-15(14)19-5/h8-11,16,18H,6-7,12-13H2,1-5H3. The van der Waals surface area contributed by atoms with Crippen molar-refractivity contribution >= 4 is 0 Å². The summed E-state index contributed by atoms with van der Waals surface area (Å²) in [7, 11) is 1.72. The van der Waals surface area contributed by atoms with E-state index in [1.165, 1.54) is 5.56 Å². The van der Waals surface area contributed by atoms with Crippen LogP contribution in [0.2, 0.25) is 0 Å². The van der Waals surface area contributed by atoms with E-state index in [9.17, 15) is 0 Å². The summed E-state index contributed by atoms with van der Waals surface area (Å²) in [6, 6.07) is 8.47. The van der Waals surface area contributed by atoms with Crippen molar-refractivity contribution in [1.29, 1.82) is 0 Å². The summed E-state index contributed by atoms with van der Waals surface area (Å²) in [4.78, 5) is 0. The first-order valence-electron chi connectivity index (χ1n) is 7.54. The third kappa shape index (κ3) is 4.80. The quantitative estimate of drug-likeness (QED) is 0.751. The molecule has 1 unspecified atom stereocenters. The van der Waals surface area contributed by atoms with Crippen molar-refractivity contribution < 1.29 is 9.47 Å². The molecule has 3 heteroatoms. The molecule has 0 amide bonds. The highest BCUT2D eigenvalue weighted by atomic mass is 16.5. The van der Waals surface area contributed by atoms with Crippen molar-refractivity contribution in [2.75, 3.05) is 20.3 Å². The van der Waals surface area contributed by atoms with Crippen LogP contribution in [-0.4, -0.2) is 31.9 Å². The summed E-state index contributed by atoms with van der Waals surface area (Å²) in [6.07, 6.45) is 2.02. The van der Waals surface area contributed by atoms with Gasteiger partial charge in [0.05, 0.1) is 12.7 Å². The SMILES string of the molecule is CCCNC(Cc1ccccc1OC)C(C)(C)OCC. The fourth-order valence-electron chi connectivity index (χ4n) is 2.45. The van der Waals surface area contributed by atoms with Gasteiger partial charge in [-0.1, -0.05) is 25.1 Å². The summed E-state index contributed by atoms with van der Waals surface area (Å²) in [6.45, 7) is 10.3. The van der Waals surface area contributed by atoms with E-state index in [0.717, 1.165) is 31.7 Å². The van der Waals surface area contributed by atoms with Crippen LogP contribution < -0.4 is 10.1 Å². The molecule has 0 radical (unpaired) electrons. The molecule has 0 aliphatic rings. The molecule has 0 aromatic heterocycles. The van der Waals surface area contributed by atoms with Gasteiger partial charge in [0.15, 0.2) is 0 Å². The summed E-state index contributed by atoms with van der Waals surface area (Å²) in [5, 5.41) is 3.61. The molecule has 20 heavy (non-hydrogen) atoms. The molecular weight excluding hydrogens is 250 g/mol. The lowest BCUT2D eigenvalue weighted by atomic mass is 9.91. The van der Waals surface area contributed by atoms with Crippen molar-refractivity contribution in [3.63, 3.8) is 0 Å². The molecule has 1 N–H and O–H groups in total. The van der Waals surface area contributed by atoms with E-state index in [4.69, 9.17) is 9.47 Å². The Balaban J connectivity index is 2.88. The molecular formula is C17H29NO2. The van der Waals surface area contributed by atoms with Gasteiger partial charge in [0, 0.05) is 12.6 Å². The van der Waals surface area contributed by atoms with E-state index in [-0.39, 0.29) is 11.6 Å². The zero-order valence-electron chi connectivity index (χ0n) is 13.5. The van der Waals surface area contributed by atoms with Crippen LogP contribution in [0.3, 0.4) is 0 Å². The zero-order chi connectivity index (χ0) is 15.0. The fraction of sp³-hybridized carbons (Fsp3) is 0.647. The highest BCUT2D eigenvalue weighted by molar-refractivity contribution is 5.34. The highest BCUT2D eigenvalue weighted by Gasteiger charge is 2.30. The smallest absolute Gasteiger partial charge is 0.122 e. The third-order valence-electron chi connectivity index (χ3n) is 3.61.